The van der Waals surface area contributed by atoms with E-state index in [1.807, 2.05) is 134 Å². The summed E-state index contributed by atoms with van der Waals surface area (Å²) in [6, 6.07) is 33.8. The van der Waals surface area contributed by atoms with Gasteiger partial charge in [-0.05, 0) is 123 Å². The highest BCUT2D eigenvalue weighted by Gasteiger charge is 2.31. The molecule has 6 aromatic rings. The summed E-state index contributed by atoms with van der Waals surface area (Å²) in [5.41, 5.74) is 5.42. The van der Waals surface area contributed by atoms with Gasteiger partial charge in [-0.15, -0.1) is 0 Å². The molecule has 20 nitrogen and oxygen atoms in total. The summed E-state index contributed by atoms with van der Waals surface area (Å²) in [4.78, 5) is 74.0. The van der Waals surface area contributed by atoms with Gasteiger partial charge in [-0.25, -0.2) is 0 Å². The Morgan fingerprint density at radius 3 is 1.45 bits per heavy atom. The fourth-order valence-corrected chi connectivity index (χ4v) is 11.5. The minimum Gasteiger partial charge on any atom is -0.496 e. The minimum absolute atomic E-state index is 0.0309. The number of amides is 4. The van der Waals surface area contributed by atoms with Crippen LogP contribution in [0.1, 0.15) is 156 Å². The van der Waals surface area contributed by atoms with Crippen LogP contribution in [0.2, 0.25) is 0 Å². The number of hydrogen-bond donors (Lipinski definition) is 6. The van der Waals surface area contributed by atoms with Crippen molar-refractivity contribution in [1.29, 1.82) is 0 Å². The molecule has 2 fully saturated rings. The fourth-order valence-electron chi connectivity index (χ4n) is 11.5. The molecule has 472 valence electrons. The van der Waals surface area contributed by atoms with E-state index in [1.165, 1.54) is 19.3 Å². The second-order valence-electron chi connectivity index (χ2n) is 23.9. The van der Waals surface area contributed by atoms with Crippen molar-refractivity contribution < 1.29 is 57.9 Å². The molecule has 0 spiro atoms. The Labute approximate surface area is 516 Å². The van der Waals surface area contributed by atoms with E-state index in [2.05, 4.69) is 28.2 Å². The van der Waals surface area contributed by atoms with Gasteiger partial charge in [0, 0.05) is 31.5 Å². The first-order valence-corrected chi connectivity index (χ1v) is 30.8. The van der Waals surface area contributed by atoms with Crippen molar-refractivity contribution in [3.63, 3.8) is 0 Å². The summed E-state index contributed by atoms with van der Waals surface area (Å²) in [6.07, 6.45) is 10.8. The quantitative estimate of drug-likeness (QED) is 0.0255. The van der Waals surface area contributed by atoms with Crippen LogP contribution in [0.25, 0.3) is 22.5 Å². The van der Waals surface area contributed by atoms with E-state index < -0.39 is 60.7 Å². The van der Waals surface area contributed by atoms with Crippen LogP contribution in [0.5, 0.6) is 23.0 Å². The van der Waals surface area contributed by atoms with E-state index in [4.69, 9.17) is 39.4 Å². The molecule has 2 atom stereocenters. The molecule has 8 rings (SSSR count). The van der Waals surface area contributed by atoms with Crippen LogP contribution in [0.4, 0.5) is 0 Å². The molecule has 0 unspecified atom stereocenters. The summed E-state index contributed by atoms with van der Waals surface area (Å²) in [5, 5.41) is 38.2. The molecule has 6 N–H and O–H groups in total. The summed E-state index contributed by atoms with van der Waals surface area (Å²) in [6.45, 7) is 10.7. The minimum atomic E-state index is -1.12. The zero-order valence-corrected chi connectivity index (χ0v) is 51.9. The van der Waals surface area contributed by atoms with Crippen molar-refractivity contribution in [3.8, 4) is 45.5 Å². The zero-order chi connectivity index (χ0) is 63.1. The number of carbonyl (C=O) groups excluding carboxylic acids is 4. The van der Waals surface area contributed by atoms with E-state index in [9.17, 15) is 28.8 Å². The van der Waals surface area contributed by atoms with Gasteiger partial charge in [0.1, 0.15) is 49.3 Å². The first-order valence-electron chi connectivity index (χ1n) is 30.8. The number of carboxylic acids is 2. The highest BCUT2D eigenvalue weighted by atomic mass is 16.5. The normalized spacial score (nSPS) is 15.6. The predicted octanol–water partition coefficient (Wildman–Crippen LogP) is 11.1. The maximum atomic E-state index is 13.7. The molecule has 2 heterocycles. The van der Waals surface area contributed by atoms with Gasteiger partial charge in [-0.2, -0.15) is 10.2 Å². The molecular formula is C68H88N8O12. The van der Waals surface area contributed by atoms with Crippen molar-refractivity contribution in [2.75, 3.05) is 27.3 Å². The Balaban J connectivity index is 0.000000251. The summed E-state index contributed by atoms with van der Waals surface area (Å²) < 4.78 is 28.1. The molecule has 0 aliphatic heterocycles. The number of methoxy groups -OCH3 is 2. The second-order valence-corrected chi connectivity index (χ2v) is 23.9. The lowest BCUT2D eigenvalue weighted by Crippen LogP contribution is -2.41. The Morgan fingerprint density at radius 2 is 1.00 bits per heavy atom. The molecule has 0 radical (unpaired) electrons. The Kier molecular flexibility index (Phi) is 25.4. The smallest absolute Gasteiger partial charge is 0.322 e. The molecule has 2 saturated carbocycles. The van der Waals surface area contributed by atoms with Crippen LogP contribution in [-0.2, 0) is 38.9 Å². The average Bonchev–Trinajstić information content (AvgIpc) is 1.93. The molecular weight excluding hydrogens is 1120 g/mol. The number of carbonyl (C=O) groups is 6. The van der Waals surface area contributed by atoms with Crippen molar-refractivity contribution in [2.45, 2.75) is 156 Å². The first kappa shape index (κ1) is 66.8. The average molecular weight is 1210 g/mol. The number of nitrogens with zero attached hydrogens (tertiary/aromatic N) is 4. The van der Waals surface area contributed by atoms with Gasteiger partial charge < -0.3 is 50.4 Å². The van der Waals surface area contributed by atoms with Gasteiger partial charge in [-0.1, -0.05) is 127 Å². The van der Waals surface area contributed by atoms with Gasteiger partial charge in [-0.3, -0.25) is 38.1 Å². The molecule has 88 heavy (non-hydrogen) atoms. The SMILES string of the molecule is COc1cccc(OCc2ccccc2)c1-c1cc(C(=O)N[C@H](CC(=O)NCC(=O)O)CC(C)C)nn1C1CCC(C)CC1.COc1cccc(OCc2ccccc2)c1-c1cc(C(=O)N[C@H](CC(=O)NCC(=O)O)CC(C)C)nn1CC1CCCCC1. The van der Waals surface area contributed by atoms with Crippen molar-refractivity contribution >= 4 is 35.6 Å². The highest BCUT2D eigenvalue weighted by molar-refractivity contribution is 5.95. The molecule has 20 heteroatoms. The maximum absolute atomic E-state index is 13.7. The summed E-state index contributed by atoms with van der Waals surface area (Å²) >= 11 is 0. The number of carboxylic acid groups (broad SMARTS) is 2. The molecule has 2 aliphatic carbocycles. The lowest BCUT2D eigenvalue weighted by atomic mass is 9.87. The van der Waals surface area contributed by atoms with Gasteiger partial charge in [0.15, 0.2) is 11.4 Å². The summed E-state index contributed by atoms with van der Waals surface area (Å²) in [5.74, 6) is 0.0281. The summed E-state index contributed by atoms with van der Waals surface area (Å²) in [7, 11) is 3.23. The van der Waals surface area contributed by atoms with Gasteiger partial charge in [0.25, 0.3) is 11.8 Å². The highest BCUT2D eigenvalue weighted by Crippen LogP contribution is 2.43. The van der Waals surface area contributed by atoms with Crippen LogP contribution in [0, 0.1) is 23.7 Å². The van der Waals surface area contributed by atoms with Crippen LogP contribution in [-0.4, -0.2) is 105 Å². The number of rotatable bonds is 29. The molecule has 0 bridgehead atoms. The molecule has 2 aromatic heterocycles. The van der Waals surface area contributed by atoms with Crippen LogP contribution < -0.4 is 40.2 Å². The van der Waals surface area contributed by atoms with E-state index >= 15 is 0 Å². The number of benzene rings is 4. The Morgan fingerprint density at radius 1 is 0.557 bits per heavy atom. The largest absolute Gasteiger partial charge is 0.496 e. The third-order valence-corrected chi connectivity index (χ3v) is 15.8. The molecule has 0 saturated heterocycles. The predicted molar refractivity (Wildman–Crippen MR) is 335 cm³/mol. The third-order valence-electron chi connectivity index (χ3n) is 15.8. The van der Waals surface area contributed by atoms with Gasteiger partial charge in [0.2, 0.25) is 11.8 Å². The fraction of sp³-hybridized carbons (Fsp3) is 0.471. The van der Waals surface area contributed by atoms with Crippen LogP contribution >= 0.6 is 0 Å². The number of aliphatic carboxylic acids is 2. The van der Waals surface area contributed by atoms with Gasteiger partial charge >= 0.3 is 11.9 Å². The number of ether oxygens (including phenoxy) is 4. The van der Waals surface area contributed by atoms with Crippen molar-refractivity contribution in [2.24, 2.45) is 23.7 Å². The standard InChI is InChI=1S/2C34H44N4O6/c1-22(2)17-25(18-31(39)35-20-32(40)41)36-34(42)27-19-28(38(37-27)26-15-13-23(3)14-16-26)33-29(43-4)11-8-12-30(33)44-21-24-9-6-5-7-10-24;1-23(2)17-26(18-31(39)35-20-32(40)41)36-34(42)27-19-28(38(37-27)21-24-11-6-4-7-12-24)33-29(43-3)15-10-16-30(33)44-22-25-13-8-5-9-14-25/h5-12,19,22-23,25-26H,13-18,20-21H2,1-4H3,(H,35,39)(H,36,42)(H,40,41);5,8-10,13-16,19,23-24,26H,4,6-7,11-12,17-18,20-22H2,1-3H3,(H,35,39)(H,36,42)(H,40,41)/t23?,25-,26?;26-/m00/s1. The van der Waals surface area contributed by atoms with Gasteiger partial charge in [0.05, 0.1) is 42.8 Å². The number of nitrogens with one attached hydrogen (secondary N) is 4. The van der Waals surface area contributed by atoms with E-state index in [-0.39, 0.29) is 42.1 Å². The third kappa shape index (κ3) is 20.2. The Hall–Kier alpha value is -8.68. The molecule has 2 aliphatic rings. The monoisotopic (exact) mass is 1210 g/mol. The second kappa shape index (κ2) is 33.4. The maximum Gasteiger partial charge on any atom is 0.322 e. The van der Waals surface area contributed by atoms with Crippen molar-refractivity contribution in [1.82, 2.24) is 40.8 Å². The van der Waals surface area contributed by atoms with E-state index in [1.54, 1.807) is 26.4 Å². The molecule has 4 amide bonds. The van der Waals surface area contributed by atoms with Crippen LogP contribution in [0.3, 0.4) is 0 Å². The lowest BCUT2D eigenvalue weighted by molar-refractivity contribution is -0.138. The topological polar surface area (TPSA) is 264 Å². The number of hydrogen-bond acceptors (Lipinski definition) is 12. The van der Waals surface area contributed by atoms with E-state index in [0.717, 1.165) is 72.2 Å². The zero-order valence-electron chi connectivity index (χ0n) is 51.9. The number of aromatic nitrogens is 4. The lowest BCUT2D eigenvalue weighted by Gasteiger charge is -2.28. The first-order chi connectivity index (χ1) is 42.4. The Bertz CT molecular complexity index is 3240. The van der Waals surface area contributed by atoms with Crippen molar-refractivity contribution in [3.05, 3.63) is 132 Å². The molecule has 4 aromatic carbocycles. The van der Waals surface area contributed by atoms with Crippen LogP contribution in [0.15, 0.2) is 109 Å². The van der Waals surface area contributed by atoms with E-state index in [0.29, 0.717) is 67.4 Å².